The molecule has 12 heterocycles. The van der Waals surface area contributed by atoms with E-state index in [0.29, 0.717) is 89.0 Å². The molecule has 0 unspecified atom stereocenters. The van der Waals surface area contributed by atoms with Crippen LogP contribution in [-0.2, 0) is 56.8 Å². The van der Waals surface area contributed by atoms with Gasteiger partial charge in [0.2, 0.25) is 0 Å². The van der Waals surface area contributed by atoms with Crippen LogP contribution in [-0.4, -0.2) is 323 Å². The van der Waals surface area contributed by atoms with Gasteiger partial charge in [0.05, 0.1) is 39.6 Å². The summed E-state index contributed by atoms with van der Waals surface area (Å²) in [5.41, 5.74) is -0.751. The lowest BCUT2D eigenvalue weighted by Gasteiger charge is -2.36. The molecule has 8 aliphatic heterocycles. The molecule has 0 N–H and O–H groups in total. The summed E-state index contributed by atoms with van der Waals surface area (Å²) in [6.45, 7) is 41.0. The van der Waals surface area contributed by atoms with Gasteiger partial charge in [0.1, 0.15) is 118 Å². The Kier molecular flexibility index (Phi) is 47.1. The number of hydrogen-bond donors (Lipinski definition) is 0. The van der Waals surface area contributed by atoms with Gasteiger partial charge in [-0.05, 0) is 124 Å². The van der Waals surface area contributed by atoms with Gasteiger partial charge in [-0.3, -0.25) is 18.3 Å². The highest BCUT2D eigenvalue weighted by atomic mass is 32.2. The Hall–Kier alpha value is -5.64. The second-order valence-electron chi connectivity index (χ2n) is 31.5. The lowest BCUT2D eigenvalue weighted by atomic mass is 10.1. The standard InChI is InChI=1S/4C14H23N3O3S.2C14H25N3O2S/c1-5-16(10(2)3)11-6-7-17(14(18)15-11)12-9-21-13(20-12)8-19-4;1-4-8-19-9-13-20-12(10-21-13)17-7-6-11(15-14(17)18)16(3)5-2;1-4-7-16(5-2)11-6-8-17(14(18)15-11)12-10-21-13(20-12)9-19-3;1-4-7-16(3)11-6-8-17(14(18)15-11)12-10-21-13(20-12)9-19-5-2;1-14(2,3)16(4)11-6-7-17(10-15-11)12-9-20-13(19-12)8-18-5;1-11(2)7-16(3)12-5-6-17(10-15-12)13-9-20-14(19-13)8-18-4/h6-7,10,12-13H,5,8-9H2,1-4H3;6-7,12-13H,4-5,8-10H2,1-3H3;2*6,8,12-13H,4-5,7,9-10H2,1-3H3;6-7,12-13H,8-10H2,1-5H3;5-6,11,13-14H,7-10H2,1-4H3/t5*12-,13+;13-,14+/m111111/s1. The average molecular weight is 1850 g/mol. The summed E-state index contributed by atoms with van der Waals surface area (Å²) in [4.78, 5) is 91.4. The lowest BCUT2D eigenvalue weighted by Crippen LogP contribution is -2.44. The van der Waals surface area contributed by atoms with Crippen molar-refractivity contribution in [3.63, 3.8) is 0 Å². The van der Waals surface area contributed by atoms with E-state index >= 15 is 0 Å². The van der Waals surface area contributed by atoms with Crippen LogP contribution in [0.3, 0.4) is 0 Å². The van der Waals surface area contributed by atoms with Crippen molar-refractivity contribution >= 4 is 106 Å². The third-order valence-corrected chi connectivity index (χ3v) is 26.8. The molecule has 0 amide bonds. The predicted molar refractivity (Wildman–Crippen MR) is 507 cm³/mol. The van der Waals surface area contributed by atoms with Gasteiger partial charge in [-0.2, -0.15) is 19.9 Å². The summed E-state index contributed by atoms with van der Waals surface area (Å²) in [5, 5.41) is 0. The summed E-state index contributed by atoms with van der Waals surface area (Å²) in [6.07, 6.45) is 17.6. The number of rotatable bonds is 35. The Morgan fingerprint density at radius 1 is 0.435 bits per heavy atom. The lowest BCUT2D eigenvalue weighted by molar-refractivity contribution is -0.0415. The third kappa shape index (κ3) is 33.4. The van der Waals surface area contributed by atoms with Crippen molar-refractivity contribution in [3.05, 3.63) is 116 Å². The second kappa shape index (κ2) is 55.4. The number of methoxy groups -OCH3 is 4. The molecule has 8 aliphatic rings. The van der Waals surface area contributed by atoms with Crippen molar-refractivity contribution in [2.45, 2.75) is 198 Å². The maximum absolute atomic E-state index is 12.2. The third-order valence-electron chi connectivity index (χ3n) is 20.2. The van der Waals surface area contributed by atoms with E-state index in [1.807, 2.05) is 62.0 Å². The van der Waals surface area contributed by atoms with Crippen LogP contribution in [0, 0.1) is 5.92 Å². The number of aliphatic imine (C=N–C) groups is 2. The average Bonchev–Trinajstić information content (AvgIpc) is 1.70. The molecule has 0 bridgehead atoms. The Balaban J connectivity index is 0.000000204. The van der Waals surface area contributed by atoms with E-state index in [0.717, 1.165) is 117 Å². The minimum Gasteiger partial charge on any atom is -0.381 e. The number of ether oxygens (including phenoxy) is 12. The fourth-order valence-electron chi connectivity index (χ4n) is 13.2. The molecule has 34 nitrogen and oxygen atoms in total. The molecule has 0 saturated carbocycles. The van der Waals surface area contributed by atoms with Gasteiger partial charge in [0, 0.05) is 192 Å². The van der Waals surface area contributed by atoms with Crippen molar-refractivity contribution in [1.82, 2.24) is 57.8 Å². The number of aromatic nitrogens is 8. The highest BCUT2D eigenvalue weighted by Gasteiger charge is 2.36. The molecule has 0 aromatic carbocycles. The van der Waals surface area contributed by atoms with Crippen molar-refractivity contribution in [2.75, 3.05) is 216 Å². The normalized spacial score (nSPS) is 23.3. The van der Waals surface area contributed by atoms with Crippen LogP contribution in [0.5, 0.6) is 0 Å². The van der Waals surface area contributed by atoms with E-state index < -0.39 is 0 Å². The summed E-state index contributed by atoms with van der Waals surface area (Å²) in [7, 11) is 14.7. The van der Waals surface area contributed by atoms with E-state index in [1.54, 1.807) is 142 Å². The molecule has 0 aliphatic carbocycles. The van der Waals surface area contributed by atoms with Crippen LogP contribution in [0.1, 0.15) is 141 Å². The van der Waals surface area contributed by atoms with E-state index in [-0.39, 0.29) is 98.3 Å². The fourth-order valence-corrected chi connectivity index (χ4v) is 19.5. The minimum absolute atomic E-state index is 0.00792. The molecule has 4 aromatic rings. The Morgan fingerprint density at radius 2 is 0.798 bits per heavy atom. The van der Waals surface area contributed by atoms with Crippen LogP contribution < -0.4 is 42.4 Å². The van der Waals surface area contributed by atoms with Crippen molar-refractivity contribution < 1.29 is 56.8 Å². The number of anilines is 4. The van der Waals surface area contributed by atoms with Gasteiger partial charge in [-0.15, -0.1) is 70.6 Å². The van der Waals surface area contributed by atoms with Crippen LogP contribution in [0.15, 0.2) is 103 Å². The number of amidine groups is 2. The van der Waals surface area contributed by atoms with Gasteiger partial charge in [-0.1, -0.05) is 34.6 Å². The minimum atomic E-state index is -0.270. The number of hydrogen-bond acceptors (Lipinski definition) is 36. The van der Waals surface area contributed by atoms with Gasteiger partial charge >= 0.3 is 22.8 Å². The molecule has 700 valence electrons. The van der Waals surface area contributed by atoms with Gasteiger partial charge in [0.25, 0.3) is 0 Å². The first-order valence-corrected chi connectivity index (χ1v) is 49.3. The van der Waals surface area contributed by atoms with Crippen molar-refractivity contribution in [3.8, 4) is 0 Å². The van der Waals surface area contributed by atoms with E-state index in [9.17, 15) is 19.2 Å². The second-order valence-corrected chi connectivity index (χ2v) is 38.6. The molecular formula is C84H142N18O16S6. The van der Waals surface area contributed by atoms with Crippen LogP contribution >= 0.6 is 70.6 Å². The van der Waals surface area contributed by atoms with Gasteiger partial charge < -0.3 is 96.0 Å². The largest absolute Gasteiger partial charge is 0.381 e. The molecule has 12 atom stereocenters. The van der Waals surface area contributed by atoms with Crippen LogP contribution in [0.25, 0.3) is 0 Å². The zero-order chi connectivity index (χ0) is 90.4. The number of thioether (sulfide) groups is 6. The van der Waals surface area contributed by atoms with Crippen LogP contribution in [0.2, 0.25) is 0 Å². The first-order chi connectivity index (χ1) is 59.6. The maximum Gasteiger partial charge on any atom is 0.351 e. The first-order valence-electron chi connectivity index (χ1n) is 43.0. The highest BCUT2D eigenvalue weighted by Crippen LogP contribution is 2.36. The first kappa shape index (κ1) is 105. The predicted octanol–water partition coefficient (Wildman–Crippen LogP) is 10.6. The Morgan fingerprint density at radius 3 is 1.14 bits per heavy atom. The molecule has 12 rings (SSSR count). The SMILES string of the molecule is CCCN(C)c1ccn([C@H]2CS[C@@H](COCC)O2)c(=O)n1.CCCN(CC)c1ccn([C@H]2CS[C@@H](COC)O2)c(=O)n1.CCCOC[C@H]1O[C@@H](n2ccc(N(C)CC)nc2=O)CS1.CCN(c1ccn([C@H]2CS[C@@H](COC)O2)c(=O)n1)C(C)C.COC[C@H]1O[C@@H](N2C=CC(N(C)C(C)(C)C)=NC2)CS1.COC[C@H]1O[C@@H](N2C=CC(N(C)CC(C)C)=NC2)CS1. The highest BCUT2D eigenvalue weighted by molar-refractivity contribution is 8.01. The Labute approximate surface area is 760 Å². The summed E-state index contributed by atoms with van der Waals surface area (Å²) in [6, 6.07) is 7.78. The monoisotopic (exact) mass is 1850 g/mol. The van der Waals surface area contributed by atoms with E-state index in [4.69, 9.17) is 56.8 Å². The van der Waals surface area contributed by atoms with E-state index in [2.05, 4.69) is 181 Å². The fraction of sp³-hybridized carbons (Fsp3) is 0.738. The molecule has 4 aromatic heterocycles. The zero-order valence-corrected chi connectivity index (χ0v) is 82.1. The van der Waals surface area contributed by atoms with Gasteiger partial charge in [0.15, 0.2) is 0 Å². The Bertz CT molecular complexity index is 4130. The quantitative estimate of drug-likeness (QED) is 0.0387. The smallest absolute Gasteiger partial charge is 0.351 e. The molecule has 124 heavy (non-hydrogen) atoms. The molecular weight excluding hydrogens is 1710 g/mol. The molecule has 0 spiro atoms. The number of nitrogens with zero attached hydrogens (tertiary/aromatic N) is 18. The maximum atomic E-state index is 12.2. The molecule has 6 saturated heterocycles. The topological polar surface area (TPSA) is 301 Å². The number of likely N-dealkylation sites (N-methyl/N-ethyl adjacent to an activating group) is 2. The molecule has 6 fully saturated rings. The van der Waals surface area contributed by atoms with E-state index in [1.165, 1.54) is 0 Å². The summed E-state index contributed by atoms with van der Waals surface area (Å²) >= 11 is 10.3. The van der Waals surface area contributed by atoms with Crippen LogP contribution in [0.4, 0.5) is 23.3 Å². The molecule has 0 radical (unpaired) electrons. The van der Waals surface area contributed by atoms with Crippen molar-refractivity contribution in [1.29, 1.82) is 0 Å². The van der Waals surface area contributed by atoms with Crippen molar-refractivity contribution in [2.24, 2.45) is 15.9 Å². The summed E-state index contributed by atoms with van der Waals surface area (Å²) in [5.74, 6) is 10.4. The van der Waals surface area contributed by atoms with Gasteiger partial charge in [-0.25, -0.2) is 29.2 Å². The summed E-state index contributed by atoms with van der Waals surface area (Å²) < 4.78 is 72.6. The zero-order valence-electron chi connectivity index (χ0n) is 77.2. The molecule has 40 heteroatoms.